The second-order valence-corrected chi connectivity index (χ2v) is 20.9. The van der Waals surface area contributed by atoms with Gasteiger partial charge in [-0.2, -0.15) is 0 Å². The summed E-state index contributed by atoms with van der Waals surface area (Å²) in [4.78, 5) is 15.0. The van der Waals surface area contributed by atoms with Crippen molar-refractivity contribution in [1.82, 2.24) is 9.55 Å². The summed E-state index contributed by atoms with van der Waals surface area (Å²) in [6.07, 6.45) is 1.96. The molecule has 6 heteroatoms. The van der Waals surface area contributed by atoms with Crippen molar-refractivity contribution in [3.8, 4) is 39.1 Å². The van der Waals surface area contributed by atoms with Gasteiger partial charge in [-0.1, -0.05) is 178 Å². The number of hydrogen-bond acceptors (Lipinski definition) is 5. The predicted octanol–water partition coefficient (Wildman–Crippen LogP) is 19.0. The number of benzene rings is 10. The zero-order valence-electron chi connectivity index (χ0n) is 42.7. The Morgan fingerprint density at radius 1 is 0.382 bits per heavy atom. The molecular weight excluding hydrogens is 925 g/mol. The van der Waals surface area contributed by atoms with Gasteiger partial charge in [-0.05, 0) is 124 Å². The first-order chi connectivity index (χ1) is 37.3. The van der Waals surface area contributed by atoms with Gasteiger partial charge in [0.25, 0.3) is 0 Å². The van der Waals surface area contributed by atoms with Crippen LogP contribution in [0.4, 0.5) is 57.0 Å². The van der Waals surface area contributed by atoms with Crippen molar-refractivity contribution in [2.24, 2.45) is 0 Å². The van der Waals surface area contributed by atoms with Crippen LogP contribution in [0.25, 0.3) is 60.9 Å². The number of rotatable bonds is 8. The lowest BCUT2D eigenvalue weighted by molar-refractivity contribution is 0.590. The molecule has 0 atom stereocenters. The Morgan fingerprint density at radius 2 is 0.974 bits per heavy atom. The molecular formula is C70H54N6. The van der Waals surface area contributed by atoms with Gasteiger partial charge in [0.15, 0.2) is 0 Å². The summed E-state index contributed by atoms with van der Waals surface area (Å²) in [5.41, 5.74) is 21.4. The normalized spacial score (nSPS) is 12.8. The van der Waals surface area contributed by atoms with E-state index in [1.807, 2.05) is 6.20 Å². The molecule has 6 nitrogen and oxygen atoms in total. The van der Waals surface area contributed by atoms with Gasteiger partial charge in [0.2, 0.25) is 0 Å². The van der Waals surface area contributed by atoms with Crippen molar-refractivity contribution in [2.75, 3.05) is 26.3 Å². The molecule has 0 aliphatic carbocycles. The summed E-state index contributed by atoms with van der Waals surface area (Å²) >= 11 is 0. The SMILES string of the molecule is CC(C)(C)c1cccc(N2CN(c3cc(-c4ccccc4)cc(N(c4ccccc4)c4ccc5c(c4)N(c4cc(-n6c7ccccc7c7ccccc76)ccn4)c4ccccc4-c4ccccc4-5)c3)c3ccccc32)c1. The standard InChI is InChI=1S/C70H54N6/c1-70(2,3)50-23-20-26-52(43-50)72-47-73(67-36-19-18-35-66(67)72)55-41-49(48-21-6-4-7-22-48)42-56(44-55)74(51-24-8-5-9-25-51)53-37-38-62-58-28-11-10-27-57(58)59-29-12-17-34-65(59)76(68(62)45-53)69-46-54(39-40-71-69)75-63-32-15-13-30-60(63)61-31-14-16-33-64(61)75/h4-46H,47H2,1-3H3. The Bertz CT molecular complexity index is 4120. The average molecular weight is 979 g/mol. The summed E-state index contributed by atoms with van der Waals surface area (Å²) in [5, 5.41) is 2.44. The van der Waals surface area contributed by atoms with Crippen LogP contribution in [0.2, 0.25) is 0 Å². The third kappa shape index (κ3) is 7.60. The minimum atomic E-state index is 0.0162. The fraction of sp³-hybridized carbons (Fsp3) is 0.0714. The van der Waals surface area contributed by atoms with Crippen molar-refractivity contribution < 1.29 is 0 Å². The van der Waals surface area contributed by atoms with E-state index in [-0.39, 0.29) is 5.41 Å². The second kappa shape index (κ2) is 18.1. The molecule has 0 unspecified atom stereocenters. The van der Waals surface area contributed by atoms with Crippen LogP contribution in [-0.2, 0) is 5.41 Å². The quantitative estimate of drug-likeness (QED) is 0.151. The van der Waals surface area contributed by atoms with E-state index in [0.717, 1.165) is 78.9 Å². The van der Waals surface area contributed by atoms with E-state index in [1.54, 1.807) is 0 Å². The summed E-state index contributed by atoms with van der Waals surface area (Å²) in [6, 6.07) is 92.9. The second-order valence-electron chi connectivity index (χ2n) is 20.9. The largest absolute Gasteiger partial charge is 0.321 e. The van der Waals surface area contributed by atoms with Gasteiger partial charge >= 0.3 is 0 Å². The lowest BCUT2D eigenvalue weighted by Gasteiger charge is -2.31. The van der Waals surface area contributed by atoms with E-state index in [4.69, 9.17) is 4.98 Å². The molecule has 0 radical (unpaired) electrons. The van der Waals surface area contributed by atoms with Gasteiger partial charge in [0.05, 0.1) is 39.5 Å². The van der Waals surface area contributed by atoms with E-state index in [2.05, 4.69) is 300 Å². The molecule has 0 N–H and O–H groups in total. The van der Waals surface area contributed by atoms with Gasteiger partial charge in [0, 0.05) is 62.6 Å². The third-order valence-electron chi connectivity index (χ3n) is 15.3. The Kier molecular flexibility index (Phi) is 10.7. The molecule has 12 aromatic rings. The van der Waals surface area contributed by atoms with Crippen molar-refractivity contribution >= 4 is 78.8 Å². The molecule has 0 saturated carbocycles. The molecule has 0 fully saturated rings. The molecule has 2 aliphatic heterocycles. The Balaban J connectivity index is 0.972. The first-order valence-corrected chi connectivity index (χ1v) is 26.2. The van der Waals surface area contributed by atoms with E-state index in [9.17, 15) is 0 Å². The van der Waals surface area contributed by atoms with Crippen LogP contribution in [0.5, 0.6) is 0 Å². The van der Waals surface area contributed by atoms with E-state index < -0.39 is 0 Å². The molecule has 2 aliphatic rings. The van der Waals surface area contributed by atoms with Crippen LogP contribution in [0.1, 0.15) is 26.3 Å². The van der Waals surface area contributed by atoms with Crippen LogP contribution in [0.3, 0.4) is 0 Å². The van der Waals surface area contributed by atoms with Gasteiger partial charge in [-0.15, -0.1) is 0 Å². The molecule has 10 aromatic carbocycles. The topological polar surface area (TPSA) is 30.8 Å². The van der Waals surface area contributed by atoms with Gasteiger partial charge in [0.1, 0.15) is 12.5 Å². The van der Waals surface area contributed by atoms with Crippen molar-refractivity contribution in [3.05, 3.63) is 267 Å². The van der Waals surface area contributed by atoms with Crippen molar-refractivity contribution in [3.63, 3.8) is 0 Å². The third-order valence-corrected chi connectivity index (χ3v) is 15.3. The average Bonchev–Trinajstić information content (AvgIpc) is 3.99. The van der Waals surface area contributed by atoms with Crippen LogP contribution >= 0.6 is 0 Å². The fourth-order valence-corrected chi connectivity index (χ4v) is 11.7. The number of aromatic nitrogens is 2. The van der Waals surface area contributed by atoms with E-state index in [1.165, 1.54) is 44.5 Å². The molecule has 2 aromatic heterocycles. The molecule has 0 spiro atoms. The van der Waals surface area contributed by atoms with E-state index >= 15 is 0 Å². The Morgan fingerprint density at radius 3 is 1.67 bits per heavy atom. The molecule has 0 amide bonds. The van der Waals surface area contributed by atoms with Gasteiger partial charge in [-0.25, -0.2) is 4.98 Å². The number of pyridine rings is 1. The monoisotopic (exact) mass is 978 g/mol. The summed E-state index contributed by atoms with van der Waals surface area (Å²) < 4.78 is 2.38. The molecule has 14 rings (SSSR count). The van der Waals surface area contributed by atoms with Crippen LogP contribution in [0, 0.1) is 0 Å². The minimum absolute atomic E-state index is 0.0162. The zero-order chi connectivity index (χ0) is 50.9. The predicted molar refractivity (Wildman–Crippen MR) is 319 cm³/mol. The van der Waals surface area contributed by atoms with Gasteiger partial charge in [-0.3, -0.25) is 4.90 Å². The number of hydrogen-bond donors (Lipinski definition) is 0. The Labute approximate surface area is 444 Å². The highest BCUT2D eigenvalue weighted by molar-refractivity contribution is 6.09. The number of anilines is 10. The first kappa shape index (κ1) is 45.0. The van der Waals surface area contributed by atoms with Crippen LogP contribution in [-0.4, -0.2) is 16.2 Å². The molecule has 0 saturated heterocycles. The van der Waals surface area contributed by atoms with Crippen LogP contribution < -0.4 is 19.6 Å². The lowest BCUT2D eigenvalue weighted by atomic mass is 9.87. The lowest BCUT2D eigenvalue weighted by Crippen LogP contribution is -2.24. The first-order valence-electron chi connectivity index (χ1n) is 26.2. The molecule has 0 bridgehead atoms. The molecule has 364 valence electrons. The van der Waals surface area contributed by atoms with Crippen molar-refractivity contribution in [2.45, 2.75) is 26.2 Å². The Hall–Kier alpha value is -9.65. The maximum absolute atomic E-state index is 5.28. The van der Waals surface area contributed by atoms with Crippen molar-refractivity contribution in [1.29, 1.82) is 0 Å². The van der Waals surface area contributed by atoms with Crippen LogP contribution in [0.15, 0.2) is 261 Å². The fourth-order valence-electron chi connectivity index (χ4n) is 11.7. The maximum atomic E-state index is 5.28. The molecule has 76 heavy (non-hydrogen) atoms. The number of fused-ring (bicyclic) bond motifs is 9. The smallest absolute Gasteiger partial charge is 0.139 e. The molecule has 4 heterocycles. The highest BCUT2D eigenvalue weighted by Crippen LogP contribution is 2.53. The summed E-state index contributed by atoms with van der Waals surface area (Å²) in [6.45, 7) is 7.51. The zero-order valence-corrected chi connectivity index (χ0v) is 42.7. The maximum Gasteiger partial charge on any atom is 0.139 e. The summed E-state index contributed by atoms with van der Waals surface area (Å²) in [5.74, 6) is 0.822. The highest BCUT2D eigenvalue weighted by atomic mass is 15.4. The number of para-hydroxylation sites is 6. The highest BCUT2D eigenvalue weighted by Gasteiger charge is 2.32. The summed E-state index contributed by atoms with van der Waals surface area (Å²) in [7, 11) is 0. The minimum Gasteiger partial charge on any atom is -0.321 e. The van der Waals surface area contributed by atoms with E-state index in [0.29, 0.717) is 6.67 Å². The number of nitrogens with zero attached hydrogens (tertiary/aromatic N) is 6. The van der Waals surface area contributed by atoms with Gasteiger partial charge < -0.3 is 19.3 Å².